The van der Waals surface area contributed by atoms with Crippen LogP contribution in [0.25, 0.3) is 0 Å². The van der Waals surface area contributed by atoms with Gasteiger partial charge in [0.15, 0.2) is 0 Å². The smallest absolute Gasteiger partial charge is 0.126 e. The minimum atomic E-state index is -0.0361. The van der Waals surface area contributed by atoms with Gasteiger partial charge in [0.25, 0.3) is 0 Å². The first-order chi connectivity index (χ1) is 8.31. The molecule has 0 aliphatic carbocycles. The van der Waals surface area contributed by atoms with E-state index in [0.29, 0.717) is 23.6 Å². The molecule has 0 aliphatic rings. The number of nitriles is 1. The molecule has 0 saturated heterocycles. The molecule has 17 heavy (non-hydrogen) atoms. The van der Waals surface area contributed by atoms with Crippen LogP contribution in [0, 0.1) is 11.3 Å². The van der Waals surface area contributed by atoms with E-state index in [0.717, 1.165) is 5.01 Å². The Morgan fingerprint density at radius 1 is 1.47 bits per heavy atom. The monoisotopic (exact) mass is 246 g/mol. The van der Waals surface area contributed by atoms with Gasteiger partial charge in [-0.25, -0.2) is 9.97 Å². The van der Waals surface area contributed by atoms with E-state index in [9.17, 15) is 0 Å². The fraction of sp³-hybridized carbons (Fsp3) is 0.182. The number of aliphatic hydroxyl groups is 1. The molecule has 0 atom stereocenters. The molecule has 2 N–H and O–H groups in total. The highest BCUT2D eigenvalue weighted by molar-refractivity contribution is 7.09. The van der Waals surface area contributed by atoms with Gasteiger partial charge in [0.2, 0.25) is 0 Å². The Balaban J connectivity index is 1.95. The van der Waals surface area contributed by atoms with Gasteiger partial charge >= 0.3 is 0 Å². The third-order valence-corrected chi connectivity index (χ3v) is 2.97. The van der Waals surface area contributed by atoms with Gasteiger partial charge in [0.05, 0.1) is 24.4 Å². The van der Waals surface area contributed by atoms with Crippen molar-refractivity contribution in [3.63, 3.8) is 0 Å². The zero-order chi connectivity index (χ0) is 12.1. The Labute approximate surface area is 102 Å². The highest BCUT2D eigenvalue weighted by Gasteiger charge is 2.01. The third kappa shape index (κ3) is 3.00. The molecule has 0 aromatic carbocycles. The van der Waals surface area contributed by atoms with Crippen molar-refractivity contribution < 1.29 is 5.11 Å². The van der Waals surface area contributed by atoms with Crippen molar-refractivity contribution in [3.05, 3.63) is 40.0 Å². The van der Waals surface area contributed by atoms with E-state index in [1.54, 1.807) is 12.1 Å². The number of aliphatic hydroxyl groups excluding tert-OH is 1. The average Bonchev–Trinajstić information content (AvgIpc) is 2.85. The molecule has 2 aromatic rings. The zero-order valence-corrected chi connectivity index (χ0v) is 9.74. The first-order valence-electron chi connectivity index (χ1n) is 4.96. The summed E-state index contributed by atoms with van der Waals surface area (Å²) in [7, 11) is 0. The van der Waals surface area contributed by atoms with Crippen molar-refractivity contribution in [2.45, 2.75) is 13.2 Å². The summed E-state index contributed by atoms with van der Waals surface area (Å²) in [6.07, 6.45) is 1.52. The number of hydrogen-bond donors (Lipinski definition) is 2. The molecule has 6 heteroatoms. The van der Waals surface area contributed by atoms with Crippen LogP contribution in [-0.2, 0) is 13.2 Å². The van der Waals surface area contributed by atoms with E-state index in [1.165, 1.54) is 17.5 Å². The molecule has 2 rings (SSSR count). The first kappa shape index (κ1) is 11.5. The van der Waals surface area contributed by atoms with Crippen LogP contribution in [0.5, 0.6) is 0 Å². The molecule has 0 radical (unpaired) electrons. The van der Waals surface area contributed by atoms with E-state index in [4.69, 9.17) is 10.4 Å². The standard InChI is InChI=1S/C11H10N4OS/c12-3-8-1-2-10(13-4-8)14-5-11-15-9(6-16)7-17-11/h1-2,4,7,16H,5-6H2,(H,13,14). The molecule has 86 valence electrons. The van der Waals surface area contributed by atoms with Gasteiger partial charge in [-0.15, -0.1) is 11.3 Å². The van der Waals surface area contributed by atoms with Crippen LogP contribution in [0.2, 0.25) is 0 Å². The summed E-state index contributed by atoms with van der Waals surface area (Å²) in [4.78, 5) is 8.29. The van der Waals surface area contributed by atoms with Crippen LogP contribution in [0.4, 0.5) is 5.82 Å². The number of anilines is 1. The number of thiazole rings is 1. The SMILES string of the molecule is N#Cc1ccc(NCc2nc(CO)cs2)nc1. The lowest BCUT2D eigenvalue weighted by Crippen LogP contribution is -2.01. The lowest BCUT2D eigenvalue weighted by molar-refractivity contribution is 0.277. The van der Waals surface area contributed by atoms with Crippen molar-refractivity contribution in [2.24, 2.45) is 0 Å². The largest absolute Gasteiger partial charge is 0.390 e. The van der Waals surface area contributed by atoms with Gasteiger partial charge in [-0.3, -0.25) is 0 Å². The maximum atomic E-state index is 8.87. The number of pyridine rings is 1. The van der Waals surface area contributed by atoms with Crippen molar-refractivity contribution in [1.82, 2.24) is 9.97 Å². The van der Waals surface area contributed by atoms with Crippen LogP contribution in [-0.4, -0.2) is 15.1 Å². The molecule has 0 aliphatic heterocycles. The second-order valence-corrected chi connectivity index (χ2v) is 4.23. The van der Waals surface area contributed by atoms with Gasteiger partial charge < -0.3 is 10.4 Å². The Kier molecular flexibility index (Phi) is 3.65. The molecule has 0 unspecified atom stereocenters. The maximum Gasteiger partial charge on any atom is 0.126 e. The minimum Gasteiger partial charge on any atom is -0.390 e. The van der Waals surface area contributed by atoms with Crippen LogP contribution in [0.3, 0.4) is 0 Å². The highest BCUT2D eigenvalue weighted by Crippen LogP contribution is 2.12. The van der Waals surface area contributed by atoms with Crippen molar-refractivity contribution in [1.29, 1.82) is 5.26 Å². The van der Waals surface area contributed by atoms with Crippen LogP contribution < -0.4 is 5.32 Å². The fourth-order valence-electron chi connectivity index (χ4n) is 1.23. The second-order valence-electron chi connectivity index (χ2n) is 3.29. The quantitative estimate of drug-likeness (QED) is 0.854. The third-order valence-electron chi connectivity index (χ3n) is 2.07. The van der Waals surface area contributed by atoms with Gasteiger partial charge in [-0.05, 0) is 12.1 Å². The first-order valence-corrected chi connectivity index (χ1v) is 5.84. The topological polar surface area (TPSA) is 81.8 Å². The second kappa shape index (κ2) is 5.39. The van der Waals surface area contributed by atoms with Gasteiger partial charge in [0, 0.05) is 11.6 Å². The summed E-state index contributed by atoms with van der Waals surface area (Å²) in [5, 5.41) is 23.3. The molecule has 5 nitrogen and oxygen atoms in total. The summed E-state index contributed by atoms with van der Waals surface area (Å²) >= 11 is 1.49. The Morgan fingerprint density at radius 3 is 2.94 bits per heavy atom. The molecule has 2 aromatic heterocycles. The molecule has 0 amide bonds. The van der Waals surface area contributed by atoms with E-state index in [1.807, 2.05) is 11.4 Å². The maximum absolute atomic E-state index is 8.87. The van der Waals surface area contributed by atoms with Crippen molar-refractivity contribution in [3.8, 4) is 6.07 Å². The molecule has 0 bridgehead atoms. The summed E-state index contributed by atoms with van der Waals surface area (Å²) in [6.45, 7) is 0.523. The van der Waals surface area contributed by atoms with Gasteiger partial charge in [-0.1, -0.05) is 0 Å². The van der Waals surface area contributed by atoms with Gasteiger partial charge in [-0.2, -0.15) is 5.26 Å². The van der Waals surface area contributed by atoms with E-state index in [2.05, 4.69) is 15.3 Å². The van der Waals surface area contributed by atoms with E-state index < -0.39 is 0 Å². The number of nitrogens with zero attached hydrogens (tertiary/aromatic N) is 3. The summed E-state index contributed by atoms with van der Waals surface area (Å²) < 4.78 is 0. The average molecular weight is 246 g/mol. The molecule has 0 spiro atoms. The van der Waals surface area contributed by atoms with Crippen molar-refractivity contribution in [2.75, 3.05) is 5.32 Å². The van der Waals surface area contributed by atoms with Gasteiger partial charge in [0.1, 0.15) is 16.9 Å². The van der Waals surface area contributed by atoms with Crippen LogP contribution in [0.1, 0.15) is 16.3 Å². The predicted molar refractivity (Wildman–Crippen MR) is 64.3 cm³/mol. The predicted octanol–water partition coefficient (Wildman–Crippen LogP) is 1.51. The molecular formula is C11H10N4OS. The number of rotatable bonds is 4. The van der Waals surface area contributed by atoms with E-state index in [-0.39, 0.29) is 6.61 Å². The Hall–Kier alpha value is -1.97. The van der Waals surface area contributed by atoms with E-state index >= 15 is 0 Å². The highest BCUT2D eigenvalue weighted by atomic mass is 32.1. The molecule has 2 heterocycles. The summed E-state index contributed by atoms with van der Waals surface area (Å²) in [5.41, 5.74) is 1.21. The lowest BCUT2D eigenvalue weighted by Gasteiger charge is -2.02. The fourth-order valence-corrected chi connectivity index (χ4v) is 1.96. The Bertz CT molecular complexity index is 529. The number of hydrogen-bond acceptors (Lipinski definition) is 6. The lowest BCUT2D eigenvalue weighted by atomic mass is 10.3. The summed E-state index contributed by atoms with van der Waals surface area (Å²) in [5.74, 6) is 0.699. The molecular weight excluding hydrogens is 236 g/mol. The molecule has 0 saturated carbocycles. The zero-order valence-electron chi connectivity index (χ0n) is 8.92. The summed E-state index contributed by atoms with van der Waals surface area (Å²) in [6, 6.07) is 5.46. The Morgan fingerprint density at radius 2 is 2.35 bits per heavy atom. The van der Waals surface area contributed by atoms with Crippen molar-refractivity contribution >= 4 is 17.2 Å². The van der Waals surface area contributed by atoms with Crippen LogP contribution in [0.15, 0.2) is 23.7 Å². The van der Waals surface area contributed by atoms with Crippen LogP contribution >= 0.6 is 11.3 Å². The normalized spacial score (nSPS) is 9.88. The number of aromatic nitrogens is 2. The minimum absolute atomic E-state index is 0.0361. The molecule has 0 fully saturated rings. The number of nitrogens with one attached hydrogen (secondary N) is 1.